The summed E-state index contributed by atoms with van der Waals surface area (Å²) in [5, 5.41) is 16.4. The van der Waals surface area contributed by atoms with E-state index in [1.165, 1.54) is 19.3 Å². The summed E-state index contributed by atoms with van der Waals surface area (Å²) in [5.41, 5.74) is -0.181. The molecule has 1 aliphatic rings. The largest absolute Gasteiger partial charge is 0.392 e. The minimum absolute atomic E-state index is 0.181. The standard InChI is InChI=1S/C11H24N2O/c1-9(14)11(2,3)13-8-10-6-4-5-7-12-10/h9-10,12-14H,4-8H2,1-3H3. The Labute approximate surface area is 87.3 Å². The van der Waals surface area contributed by atoms with Gasteiger partial charge in [-0.25, -0.2) is 0 Å². The molecule has 3 nitrogen and oxygen atoms in total. The number of piperidine rings is 1. The zero-order valence-corrected chi connectivity index (χ0v) is 9.64. The lowest BCUT2D eigenvalue weighted by atomic mass is 9.97. The lowest BCUT2D eigenvalue weighted by molar-refractivity contribution is 0.0940. The maximum absolute atomic E-state index is 9.53. The number of nitrogens with one attached hydrogen (secondary N) is 2. The van der Waals surface area contributed by atoms with E-state index in [1.807, 2.05) is 20.8 Å². The molecule has 0 aromatic rings. The highest BCUT2D eigenvalue weighted by atomic mass is 16.3. The van der Waals surface area contributed by atoms with Crippen LogP contribution in [-0.4, -0.2) is 35.9 Å². The highest BCUT2D eigenvalue weighted by molar-refractivity contribution is 4.86. The molecule has 2 atom stereocenters. The Kier molecular flexibility index (Phi) is 4.35. The quantitative estimate of drug-likeness (QED) is 0.631. The molecule has 1 rings (SSSR count). The molecule has 0 aromatic carbocycles. The molecule has 3 heteroatoms. The predicted molar refractivity (Wildman–Crippen MR) is 59.4 cm³/mol. The van der Waals surface area contributed by atoms with E-state index in [0.717, 1.165) is 13.1 Å². The second-order valence-electron chi connectivity index (χ2n) is 4.93. The number of rotatable bonds is 4. The van der Waals surface area contributed by atoms with Crippen LogP contribution in [0.1, 0.15) is 40.0 Å². The highest BCUT2D eigenvalue weighted by Gasteiger charge is 2.24. The van der Waals surface area contributed by atoms with E-state index in [0.29, 0.717) is 6.04 Å². The van der Waals surface area contributed by atoms with Crippen molar-refractivity contribution in [3.63, 3.8) is 0 Å². The van der Waals surface area contributed by atoms with Crippen molar-refractivity contribution < 1.29 is 5.11 Å². The van der Waals surface area contributed by atoms with E-state index in [2.05, 4.69) is 10.6 Å². The minimum atomic E-state index is -0.314. The maximum Gasteiger partial charge on any atom is 0.0688 e. The van der Waals surface area contributed by atoms with Crippen LogP contribution >= 0.6 is 0 Å². The summed E-state index contributed by atoms with van der Waals surface area (Å²) in [6, 6.07) is 0.585. The van der Waals surface area contributed by atoms with Crippen molar-refractivity contribution in [1.82, 2.24) is 10.6 Å². The molecule has 0 spiro atoms. The first-order valence-corrected chi connectivity index (χ1v) is 5.69. The Hall–Kier alpha value is -0.120. The van der Waals surface area contributed by atoms with Gasteiger partial charge in [0.1, 0.15) is 0 Å². The molecule has 1 saturated heterocycles. The van der Waals surface area contributed by atoms with Crippen LogP contribution in [0.3, 0.4) is 0 Å². The first kappa shape index (κ1) is 12.0. The number of aliphatic hydroxyl groups excluding tert-OH is 1. The maximum atomic E-state index is 9.53. The Balaban J connectivity index is 2.24. The summed E-state index contributed by atoms with van der Waals surface area (Å²) in [7, 11) is 0. The molecule has 0 saturated carbocycles. The molecule has 0 bridgehead atoms. The minimum Gasteiger partial charge on any atom is -0.392 e. The summed E-state index contributed by atoms with van der Waals surface area (Å²) < 4.78 is 0. The van der Waals surface area contributed by atoms with Crippen molar-refractivity contribution in [3.8, 4) is 0 Å². The van der Waals surface area contributed by atoms with Crippen molar-refractivity contribution in [2.75, 3.05) is 13.1 Å². The third kappa shape index (κ3) is 3.56. The van der Waals surface area contributed by atoms with E-state index < -0.39 is 0 Å². The van der Waals surface area contributed by atoms with Gasteiger partial charge in [-0.15, -0.1) is 0 Å². The smallest absolute Gasteiger partial charge is 0.0688 e. The number of hydrogen-bond donors (Lipinski definition) is 3. The Morgan fingerprint density at radius 1 is 1.50 bits per heavy atom. The zero-order chi connectivity index (χ0) is 10.6. The van der Waals surface area contributed by atoms with Gasteiger partial charge in [0.25, 0.3) is 0 Å². The molecule has 0 amide bonds. The molecule has 1 aliphatic heterocycles. The van der Waals surface area contributed by atoms with E-state index in [4.69, 9.17) is 0 Å². The lowest BCUT2D eigenvalue weighted by Gasteiger charge is -2.33. The fraction of sp³-hybridized carbons (Fsp3) is 1.00. The van der Waals surface area contributed by atoms with Gasteiger partial charge in [-0.2, -0.15) is 0 Å². The van der Waals surface area contributed by atoms with E-state index in [-0.39, 0.29) is 11.6 Å². The van der Waals surface area contributed by atoms with Crippen LogP contribution in [0.4, 0.5) is 0 Å². The summed E-state index contributed by atoms with van der Waals surface area (Å²) in [5.74, 6) is 0. The van der Waals surface area contributed by atoms with E-state index in [1.54, 1.807) is 0 Å². The summed E-state index contributed by atoms with van der Waals surface area (Å²) in [6.45, 7) is 8.02. The molecule has 3 N–H and O–H groups in total. The van der Waals surface area contributed by atoms with Gasteiger partial charge < -0.3 is 15.7 Å². The van der Waals surface area contributed by atoms with Crippen LogP contribution < -0.4 is 10.6 Å². The second kappa shape index (κ2) is 5.10. The Morgan fingerprint density at radius 3 is 2.71 bits per heavy atom. The zero-order valence-electron chi connectivity index (χ0n) is 9.64. The molecule has 14 heavy (non-hydrogen) atoms. The molecule has 0 aromatic heterocycles. The normalized spacial score (nSPS) is 26.1. The average Bonchev–Trinajstić information content (AvgIpc) is 2.16. The fourth-order valence-electron chi connectivity index (χ4n) is 1.63. The van der Waals surface area contributed by atoms with Crippen LogP contribution in [0.15, 0.2) is 0 Å². The van der Waals surface area contributed by atoms with Gasteiger partial charge >= 0.3 is 0 Å². The first-order valence-electron chi connectivity index (χ1n) is 5.69. The summed E-state index contributed by atoms with van der Waals surface area (Å²) in [4.78, 5) is 0. The van der Waals surface area contributed by atoms with E-state index in [9.17, 15) is 5.11 Å². The summed E-state index contributed by atoms with van der Waals surface area (Å²) in [6.07, 6.45) is 3.57. The molecule has 2 unspecified atom stereocenters. The van der Waals surface area contributed by atoms with Crippen LogP contribution in [0.2, 0.25) is 0 Å². The third-order valence-corrected chi connectivity index (χ3v) is 3.26. The SMILES string of the molecule is CC(O)C(C)(C)NCC1CCCCN1. The number of hydrogen-bond acceptors (Lipinski definition) is 3. The topological polar surface area (TPSA) is 44.3 Å². The van der Waals surface area contributed by atoms with Crippen molar-refractivity contribution in [3.05, 3.63) is 0 Å². The monoisotopic (exact) mass is 200 g/mol. The Morgan fingerprint density at radius 2 is 2.21 bits per heavy atom. The lowest BCUT2D eigenvalue weighted by Crippen LogP contribution is -2.53. The van der Waals surface area contributed by atoms with Crippen LogP contribution in [-0.2, 0) is 0 Å². The predicted octanol–water partition coefficient (Wildman–Crippen LogP) is 0.877. The molecular formula is C11H24N2O. The second-order valence-corrected chi connectivity index (χ2v) is 4.93. The number of aliphatic hydroxyl groups is 1. The third-order valence-electron chi connectivity index (χ3n) is 3.26. The summed E-state index contributed by atoms with van der Waals surface area (Å²) >= 11 is 0. The van der Waals surface area contributed by atoms with Crippen LogP contribution in [0.5, 0.6) is 0 Å². The molecule has 84 valence electrons. The van der Waals surface area contributed by atoms with E-state index >= 15 is 0 Å². The van der Waals surface area contributed by atoms with Crippen LogP contribution in [0.25, 0.3) is 0 Å². The van der Waals surface area contributed by atoms with Gasteiger partial charge in [-0.05, 0) is 40.2 Å². The van der Waals surface area contributed by atoms with Gasteiger partial charge in [0.15, 0.2) is 0 Å². The van der Waals surface area contributed by atoms with Gasteiger partial charge in [0, 0.05) is 18.1 Å². The molecular weight excluding hydrogens is 176 g/mol. The van der Waals surface area contributed by atoms with Gasteiger partial charge in [0.2, 0.25) is 0 Å². The molecule has 1 fully saturated rings. The van der Waals surface area contributed by atoms with Gasteiger partial charge in [-0.1, -0.05) is 6.42 Å². The first-order chi connectivity index (χ1) is 6.52. The van der Waals surface area contributed by atoms with Gasteiger partial charge in [-0.3, -0.25) is 0 Å². The molecule has 0 aliphatic carbocycles. The van der Waals surface area contributed by atoms with Crippen LogP contribution in [0, 0.1) is 0 Å². The molecule has 1 heterocycles. The highest BCUT2D eigenvalue weighted by Crippen LogP contribution is 2.10. The van der Waals surface area contributed by atoms with Crippen molar-refractivity contribution >= 4 is 0 Å². The average molecular weight is 200 g/mol. The fourth-order valence-corrected chi connectivity index (χ4v) is 1.63. The Bertz CT molecular complexity index is 163. The van der Waals surface area contributed by atoms with Crippen molar-refractivity contribution in [2.24, 2.45) is 0 Å². The van der Waals surface area contributed by atoms with Crippen molar-refractivity contribution in [1.29, 1.82) is 0 Å². The van der Waals surface area contributed by atoms with Gasteiger partial charge in [0.05, 0.1) is 6.10 Å². The molecule has 0 radical (unpaired) electrons. The van der Waals surface area contributed by atoms with Crippen molar-refractivity contribution in [2.45, 2.75) is 57.7 Å².